The molecular formula is C30H34O8. The molecule has 0 heterocycles. The summed E-state index contributed by atoms with van der Waals surface area (Å²) in [6.07, 6.45) is 2.17. The highest BCUT2D eigenvalue weighted by Gasteiger charge is 2.23. The number of methoxy groups -OCH3 is 5. The van der Waals surface area contributed by atoms with Gasteiger partial charge in [0, 0.05) is 6.42 Å². The summed E-state index contributed by atoms with van der Waals surface area (Å²) in [6.45, 7) is 3.76. The van der Waals surface area contributed by atoms with Crippen LogP contribution in [0.1, 0.15) is 21.5 Å². The lowest BCUT2D eigenvalue weighted by molar-refractivity contribution is 0.0303. The zero-order valence-corrected chi connectivity index (χ0v) is 22.4. The maximum atomic E-state index is 12.7. The van der Waals surface area contributed by atoms with Gasteiger partial charge in [-0.25, -0.2) is 4.79 Å². The second kappa shape index (κ2) is 13.8. The lowest BCUT2D eigenvalue weighted by atomic mass is 10.1. The normalized spacial score (nSPS) is 11.2. The molecule has 0 aliphatic heterocycles. The fourth-order valence-electron chi connectivity index (χ4n) is 3.98. The first-order valence-electron chi connectivity index (χ1n) is 12.0. The zero-order chi connectivity index (χ0) is 27.5. The summed E-state index contributed by atoms with van der Waals surface area (Å²) in [7, 11) is 7.77. The first-order valence-corrected chi connectivity index (χ1v) is 12.0. The van der Waals surface area contributed by atoms with Gasteiger partial charge < -0.3 is 33.2 Å². The van der Waals surface area contributed by atoms with Gasteiger partial charge in [-0.05, 0) is 53.9 Å². The van der Waals surface area contributed by atoms with E-state index in [1.54, 1.807) is 65.9 Å². The number of hydrogen-bond donors (Lipinski definition) is 0. The molecule has 0 spiro atoms. The van der Waals surface area contributed by atoms with E-state index in [1.165, 1.54) is 0 Å². The van der Waals surface area contributed by atoms with Crippen molar-refractivity contribution in [2.45, 2.75) is 18.9 Å². The van der Waals surface area contributed by atoms with E-state index in [2.05, 4.69) is 6.58 Å². The van der Waals surface area contributed by atoms with Gasteiger partial charge in [0.15, 0.2) is 23.0 Å². The van der Waals surface area contributed by atoms with Crippen molar-refractivity contribution >= 4 is 5.97 Å². The van der Waals surface area contributed by atoms with Crippen LogP contribution in [0.15, 0.2) is 67.3 Å². The van der Waals surface area contributed by atoms with Crippen molar-refractivity contribution in [1.82, 2.24) is 0 Å². The van der Waals surface area contributed by atoms with E-state index < -0.39 is 12.1 Å². The van der Waals surface area contributed by atoms with Gasteiger partial charge >= 0.3 is 5.97 Å². The molecule has 3 aromatic carbocycles. The van der Waals surface area contributed by atoms with Crippen LogP contribution in [0, 0.1) is 0 Å². The topological polar surface area (TPSA) is 81.7 Å². The fourth-order valence-corrected chi connectivity index (χ4v) is 3.98. The molecule has 0 fully saturated rings. The number of rotatable bonds is 14. The van der Waals surface area contributed by atoms with Gasteiger partial charge in [-0.2, -0.15) is 0 Å². The summed E-state index contributed by atoms with van der Waals surface area (Å²) in [5.41, 5.74) is 2.22. The number of hydrogen-bond acceptors (Lipinski definition) is 8. The van der Waals surface area contributed by atoms with Gasteiger partial charge in [-0.15, -0.1) is 6.58 Å². The quantitative estimate of drug-likeness (QED) is 0.208. The number of ether oxygens (including phenoxy) is 7. The summed E-state index contributed by atoms with van der Waals surface area (Å²) in [5.74, 6) is 2.42. The van der Waals surface area contributed by atoms with Crippen LogP contribution >= 0.6 is 0 Å². The van der Waals surface area contributed by atoms with Crippen LogP contribution in [0.3, 0.4) is 0 Å². The molecule has 0 aliphatic carbocycles. The third-order valence-electron chi connectivity index (χ3n) is 5.78. The Hall–Kier alpha value is -4.33. The highest BCUT2D eigenvalue weighted by atomic mass is 16.6. The summed E-state index contributed by atoms with van der Waals surface area (Å²) < 4.78 is 39.8. The van der Waals surface area contributed by atoms with Crippen LogP contribution in [0.4, 0.5) is 0 Å². The lowest BCUT2D eigenvalue weighted by Crippen LogP contribution is -2.28. The smallest absolute Gasteiger partial charge is 0.338 e. The third-order valence-corrected chi connectivity index (χ3v) is 5.78. The van der Waals surface area contributed by atoms with Crippen molar-refractivity contribution in [2.75, 3.05) is 42.2 Å². The molecule has 0 aliphatic rings. The fraction of sp³-hybridized carbons (Fsp3) is 0.300. The largest absolute Gasteiger partial charge is 0.493 e. The number of carbonyl (C=O) groups is 1. The molecule has 0 saturated heterocycles. The number of benzene rings is 3. The van der Waals surface area contributed by atoms with Crippen LogP contribution < -0.4 is 28.4 Å². The van der Waals surface area contributed by atoms with Crippen LogP contribution in [0.2, 0.25) is 0 Å². The molecule has 8 nitrogen and oxygen atoms in total. The monoisotopic (exact) mass is 522 g/mol. The molecule has 8 heteroatoms. The van der Waals surface area contributed by atoms with Gasteiger partial charge in [0.05, 0.1) is 41.1 Å². The molecule has 0 amide bonds. The van der Waals surface area contributed by atoms with E-state index >= 15 is 0 Å². The Labute approximate surface area is 223 Å². The number of esters is 1. The highest BCUT2D eigenvalue weighted by molar-refractivity contribution is 5.89. The average Bonchev–Trinajstić information content (AvgIpc) is 2.95. The Kier molecular flexibility index (Phi) is 10.3. The van der Waals surface area contributed by atoms with E-state index in [-0.39, 0.29) is 6.61 Å². The Morgan fingerprint density at radius 1 is 0.763 bits per heavy atom. The van der Waals surface area contributed by atoms with E-state index in [9.17, 15) is 4.79 Å². The van der Waals surface area contributed by atoms with E-state index in [0.717, 1.165) is 11.1 Å². The maximum Gasteiger partial charge on any atom is 0.338 e. The van der Waals surface area contributed by atoms with Crippen molar-refractivity contribution in [3.63, 3.8) is 0 Å². The molecule has 202 valence electrons. The van der Waals surface area contributed by atoms with E-state index in [0.29, 0.717) is 52.9 Å². The zero-order valence-electron chi connectivity index (χ0n) is 22.4. The van der Waals surface area contributed by atoms with Crippen molar-refractivity contribution in [1.29, 1.82) is 0 Å². The molecule has 1 atom stereocenters. The van der Waals surface area contributed by atoms with Gasteiger partial charge in [-0.3, -0.25) is 0 Å². The van der Waals surface area contributed by atoms with Crippen molar-refractivity contribution in [3.8, 4) is 34.5 Å². The minimum Gasteiger partial charge on any atom is -0.493 e. The molecule has 0 unspecified atom stereocenters. The predicted octanol–water partition coefficient (Wildman–Crippen LogP) is 5.31. The van der Waals surface area contributed by atoms with E-state index in [4.69, 9.17) is 33.2 Å². The minimum absolute atomic E-state index is 0.0366. The second-order valence-corrected chi connectivity index (χ2v) is 8.26. The van der Waals surface area contributed by atoms with Gasteiger partial charge in [0.2, 0.25) is 11.5 Å². The van der Waals surface area contributed by atoms with Crippen molar-refractivity contribution in [2.24, 2.45) is 0 Å². The van der Waals surface area contributed by atoms with Gasteiger partial charge in [0.25, 0.3) is 0 Å². The molecule has 0 radical (unpaired) electrons. The Bertz CT molecular complexity index is 1170. The van der Waals surface area contributed by atoms with E-state index in [1.807, 2.05) is 30.3 Å². The first-order chi connectivity index (χ1) is 18.5. The van der Waals surface area contributed by atoms with Crippen molar-refractivity contribution in [3.05, 3.63) is 83.9 Å². The Morgan fingerprint density at radius 2 is 1.29 bits per heavy atom. The van der Waals surface area contributed by atoms with Crippen LogP contribution in [0.25, 0.3) is 0 Å². The van der Waals surface area contributed by atoms with Crippen molar-refractivity contribution < 1.29 is 38.0 Å². The first kappa shape index (κ1) is 28.2. The molecule has 0 saturated carbocycles. The molecule has 3 rings (SSSR count). The van der Waals surface area contributed by atoms with Crippen LogP contribution in [-0.2, 0) is 17.6 Å². The molecule has 0 aromatic heterocycles. The summed E-state index contributed by atoms with van der Waals surface area (Å²) in [4.78, 5) is 12.7. The third kappa shape index (κ3) is 6.91. The second-order valence-electron chi connectivity index (χ2n) is 8.26. The molecule has 0 bridgehead atoms. The maximum absolute atomic E-state index is 12.7. The molecular weight excluding hydrogens is 488 g/mol. The molecule has 0 N–H and O–H groups in total. The Morgan fingerprint density at radius 3 is 1.79 bits per heavy atom. The molecule has 38 heavy (non-hydrogen) atoms. The Balaban J connectivity index is 1.97. The summed E-state index contributed by atoms with van der Waals surface area (Å²) >= 11 is 0. The standard InChI is InChI=1S/C30H34O8/c1-7-11-20-15-26(34-4)29(27(16-20)35-5)38-23(19-37-30(31)22-12-9-8-10-13-22)14-21-17-24(32-2)28(36-6)25(18-21)33-3/h7-10,12-13,15-18,23H,1,11,14,19H2,2-6H3/t23-/m1/s1. The van der Waals surface area contributed by atoms with Crippen LogP contribution in [-0.4, -0.2) is 54.2 Å². The average molecular weight is 523 g/mol. The predicted molar refractivity (Wildman–Crippen MR) is 144 cm³/mol. The molecule has 3 aromatic rings. The SMILES string of the molecule is C=CCc1cc(OC)c(O[C@@H](COC(=O)c2ccccc2)Cc2cc(OC)c(OC)c(OC)c2)c(OC)c1. The number of allylic oxidation sites excluding steroid dienone is 1. The van der Waals surface area contributed by atoms with Crippen LogP contribution in [0.5, 0.6) is 34.5 Å². The minimum atomic E-state index is -0.612. The summed E-state index contributed by atoms with van der Waals surface area (Å²) in [5, 5.41) is 0. The summed E-state index contributed by atoms with van der Waals surface area (Å²) in [6, 6.07) is 16.2. The lowest BCUT2D eigenvalue weighted by Gasteiger charge is -2.23. The van der Waals surface area contributed by atoms with Gasteiger partial charge in [-0.1, -0.05) is 24.3 Å². The highest BCUT2D eigenvalue weighted by Crippen LogP contribution is 2.41. The van der Waals surface area contributed by atoms with Gasteiger partial charge in [0.1, 0.15) is 12.7 Å². The number of carbonyl (C=O) groups excluding carboxylic acids is 1.